The van der Waals surface area contributed by atoms with Crippen LogP contribution in [0.1, 0.15) is 24.0 Å². The Morgan fingerprint density at radius 2 is 1.90 bits per heavy atom. The molecule has 0 bridgehead atoms. The molecule has 1 N–H and O–H groups in total. The van der Waals surface area contributed by atoms with E-state index < -0.39 is 5.60 Å². The topological polar surface area (TPSA) is 45.2 Å². The van der Waals surface area contributed by atoms with Crippen molar-refractivity contribution in [1.29, 1.82) is 0 Å². The van der Waals surface area contributed by atoms with Crippen molar-refractivity contribution in [3.8, 4) is 11.5 Å². The highest BCUT2D eigenvalue weighted by molar-refractivity contribution is 6.32. The average molecular weight is 433 g/mol. The summed E-state index contributed by atoms with van der Waals surface area (Å²) in [5, 5.41) is 11.7. The Hall–Kier alpha value is -1.79. The normalized spacial score (nSPS) is 19.8. The Bertz CT molecular complexity index is 813. The number of halogens is 1. The lowest BCUT2D eigenvalue weighted by atomic mass is 9.93. The van der Waals surface area contributed by atoms with Gasteiger partial charge >= 0.3 is 0 Å². The summed E-state index contributed by atoms with van der Waals surface area (Å²) in [4.78, 5) is 4.38. The van der Waals surface area contributed by atoms with Gasteiger partial charge in [0.2, 0.25) is 0 Å². The molecule has 0 radical (unpaired) electrons. The quantitative estimate of drug-likeness (QED) is 0.649. The summed E-state index contributed by atoms with van der Waals surface area (Å²) in [6.45, 7) is 6.15. The minimum absolute atomic E-state index is 0.241. The SMILES string of the molecule is Cc1ccc(Cl)c(OC[C@@]2(O)CCCN(Cc3ccc(OCCN(C)C)cc3)C2)c1. The smallest absolute Gasteiger partial charge is 0.138 e. The number of β-amino-alcohol motifs (C(OH)–C–C–N with tert-alkyl or cyclic N) is 1. The van der Waals surface area contributed by atoms with Crippen LogP contribution in [-0.2, 0) is 6.54 Å². The number of hydrogen-bond donors (Lipinski definition) is 1. The summed E-state index contributed by atoms with van der Waals surface area (Å²) in [7, 11) is 4.07. The second kappa shape index (κ2) is 10.5. The van der Waals surface area contributed by atoms with Gasteiger partial charge in [-0.3, -0.25) is 4.90 Å². The fourth-order valence-electron chi connectivity index (χ4n) is 3.69. The molecule has 1 saturated heterocycles. The summed E-state index contributed by atoms with van der Waals surface area (Å²) >= 11 is 6.23. The van der Waals surface area contributed by atoms with Gasteiger partial charge in [0.1, 0.15) is 30.3 Å². The fraction of sp³-hybridized carbons (Fsp3) is 0.500. The Labute approximate surface area is 185 Å². The number of aryl methyl sites for hydroxylation is 1. The standard InChI is InChI=1S/C24H33ClN2O3/c1-19-5-10-22(25)23(15-19)30-18-24(28)11-4-12-27(17-24)16-20-6-8-21(9-7-20)29-14-13-26(2)3/h5-10,15,28H,4,11-14,16-18H2,1-3H3/t24-/m1/s1. The van der Waals surface area contributed by atoms with Crippen LogP contribution in [-0.4, -0.2) is 67.5 Å². The molecule has 1 aliphatic heterocycles. The lowest BCUT2D eigenvalue weighted by Gasteiger charge is -2.39. The molecule has 0 aromatic heterocycles. The van der Waals surface area contributed by atoms with E-state index in [0.717, 1.165) is 43.8 Å². The number of likely N-dealkylation sites (tertiary alicyclic amines) is 1. The van der Waals surface area contributed by atoms with Crippen LogP contribution in [0.5, 0.6) is 11.5 Å². The van der Waals surface area contributed by atoms with Crippen molar-refractivity contribution in [2.45, 2.75) is 31.9 Å². The molecule has 1 heterocycles. The van der Waals surface area contributed by atoms with E-state index in [1.807, 2.05) is 51.4 Å². The summed E-state index contributed by atoms with van der Waals surface area (Å²) in [5.41, 5.74) is 1.42. The third kappa shape index (κ3) is 6.88. The summed E-state index contributed by atoms with van der Waals surface area (Å²) in [6.07, 6.45) is 1.67. The lowest BCUT2D eigenvalue weighted by Crippen LogP contribution is -2.51. The van der Waals surface area contributed by atoms with E-state index in [1.165, 1.54) is 5.56 Å². The van der Waals surface area contributed by atoms with Crippen molar-refractivity contribution in [1.82, 2.24) is 9.80 Å². The number of ether oxygens (including phenoxy) is 2. The van der Waals surface area contributed by atoms with Gasteiger partial charge in [-0.2, -0.15) is 0 Å². The number of rotatable bonds is 9. The zero-order valence-corrected chi connectivity index (χ0v) is 19.0. The third-order valence-electron chi connectivity index (χ3n) is 5.35. The van der Waals surface area contributed by atoms with Gasteiger partial charge in [-0.15, -0.1) is 0 Å². The lowest BCUT2D eigenvalue weighted by molar-refractivity contribution is -0.0620. The molecule has 1 fully saturated rings. The van der Waals surface area contributed by atoms with Crippen LogP contribution in [0.2, 0.25) is 5.02 Å². The van der Waals surface area contributed by atoms with Crippen molar-refractivity contribution in [3.05, 3.63) is 58.6 Å². The van der Waals surface area contributed by atoms with E-state index in [-0.39, 0.29) is 6.61 Å². The zero-order valence-electron chi connectivity index (χ0n) is 18.2. The monoisotopic (exact) mass is 432 g/mol. The van der Waals surface area contributed by atoms with Gasteiger partial charge in [0.15, 0.2) is 0 Å². The molecular formula is C24H33ClN2O3. The minimum atomic E-state index is -0.874. The van der Waals surface area contributed by atoms with Crippen molar-refractivity contribution in [3.63, 3.8) is 0 Å². The van der Waals surface area contributed by atoms with E-state index in [0.29, 0.717) is 23.9 Å². The van der Waals surface area contributed by atoms with Gasteiger partial charge < -0.3 is 19.5 Å². The Morgan fingerprint density at radius 1 is 1.13 bits per heavy atom. The molecule has 0 unspecified atom stereocenters. The van der Waals surface area contributed by atoms with Crippen LogP contribution in [0.25, 0.3) is 0 Å². The molecule has 30 heavy (non-hydrogen) atoms. The van der Waals surface area contributed by atoms with Crippen LogP contribution in [0.4, 0.5) is 0 Å². The number of benzene rings is 2. The second-order valence-corrected chi connectivity index (χ2v) is 8.96. The maximum absolute atomic E-state index is 11.1. The van der Waals surface area contributed by atoms with Gasteiger partial charge in [-0.05, 0) is 75.8 Å². The maximum Gasteiger partial charge on any atom is 0.138 e. The fourth-order valence-corrected chi connectivity index (χ4v) is 3.86. The Kier molecular flexibility index (Phi) is 8.00. The summed E-state index contributed by atoms with van der Waals surface area (Å²) < 4.78 is 11.7. The number of aliphatic hydroxyl groups is 1. The highest BCUT2D eigenvalue weighted by Gasteiger charge is 2.34. The first kappa shape index (κ1) is 22.9. The molecule has 1 atom stereocenters. The highest BCUT2D eigenvalue weighted by Crippen LogP contribution is 2.29. The minimum Gasteiger partial charge on any atom is -0.492 e. The van der Waals surface area contributed by atoms with Gasteiger partial charge in [-0.1, -0.05) is 29.8 Å². The predicted octanol–water partition coefficient (Wildman–Crippen LogP) is 3.99. The van der Waals surface area contributed by atoms with E-state index in [1.54, 1.807) is 0 Å². The number of likely N-dealkylation sites (N-methyl/N-ethyl adjacent to an activating group) is 1. The van der Waals surface area contributed by atoms with Crippen molar-refractivity contribution < 1.29 is 14.6 Å². The number of piperidine rings is 1. The third-order valence-corrected chi connectivity index (χ3v) is 5.67. The van der Waals surface area contributed by atoms with Crippen molar-refractivity contribution >= 4 is 11.6 Å². The maximum atomic E-state index is 11.1. The van der Waals surface area contributed by atoms with Crippen LogP contribution >= 0.6 is 11.6 Å². The molecule has 0 amide bonds. The van der Waals surface area contributed by atoms with Gasteiger partial charge in [0, 0.05) is 19.6 Å². The second-order valence-electron chi connectivity index (χ2n) is 8.56. The highest BCUT2D eigenvalue weighted by atomic mass is 35.5. The molecule has 164 valence electrons. The largest absolute Gasteiger partial charge is 0.492 e. The van der Waals surface area contributed by atoms with E-state index in [9.17, 15) is 5.11 Å². The first-order chi connectivity index (χ1) is 14.3. The Morgan fingerprint density at radius 3 is 2.63 bits per heavy atom. The van der Waals surface area contributed by atoms with E-state index in [2.05, 4.69) is 21.9 Å². The van der Waals surface area contributed by atoms with Crippen LogP contribution in [0, 0.1) is 6.92 Å². The molecule has 0 saturated carbocycles. The van der Waals surface area contributed by atoms with Crippen LogP contribution in [0.15, 0.2) is 42.5 Å². The average Bonchev–Trinajstić information content (AvgIpc) is 2.70. The molecule has 2 aromatic rings. The number of nitrogens with zero attached hydrogens (tertiary/aromatic N) is 2. The zero-order chi connectivity index (χ0) is 21.6. The van der Waals surface area contributed by atoms with E-state index >= 15 is 0 Å². The van der Waals surface area contributed by atoms with Gasteiger partial charge in [0.25, 0.3) is 0 Å². The van der Waals surface area contributed by atoms with Crippen molar-refractivity contribution in [2.24, 2.45) is 0 Å². The van der Waals surface area contributed by atoms with Gasteiger partial charge in [-0.25, -0.2) is 0 Å². The molecule has 6 heteroatoms. The summed E-state index contributed by atoms with van der Waals surface area (Å²) in [5.74, 6) is 1.52. The van der Waals surface area contributed by atoms with Crippen LogP contribution < -0.4 is 9.47 Å². The van der Waals surface area contributed by atoms with Crippen LogP contribution in [0.3, 0.4) is 0 Å². The first-order valence-corrected chi connectivity index (χ1v) is 10.9. The Balaban J connectivity index is 1.52. The molecule has 1 aliphatic rings. The predicted molar refractivity (Wildman–Crippen MR) is 122 cm³/mol. The summed E-state index contributed by atoms with van der Waals surface area (Å²) in [6, 6.07) is 13.9. The molecule has 0 aliphatic carbocycles. The molecule has 0 spiro atoms. The molecule has 5 nitrogen and oxygen atoms in total. The first-order valence-electron chi connectivity index (χ1n) is 10.5. The van der Waals surface area contributed by atoms with E-state index in [4.69, 9.17) is 21.1 Å². The molecule has 3 rings (SSSR count). The molecule has 2 aromatic carbocycles. The molecular weight excluding hydrogens is 400 g/mol. The van der Waals surface area contributed by atoms with Gasteiger partial charge in [0.05, 0.1) is 5.02 Å². The van der Waals surface area contributed by atoms with Crippen molar-refractivity contribution in [2.75, 3.05) is 46.9 Å². The number of hydrogen-bond acceptors (Lipinski definition) is 5.